The molecule has 0 saturated heterocycles. The Bertz CT molecular complexity index is 1070. The van der Waals surface area contributed by atoms with Gasteiger partial charge in [0.15, 0.2) is 0 Å². The molecule has 180 valence electrons. The number of fused-ring (bicyclic) bond motifs is 1. The molecule has 1 aliphatic heterocycles. The van der Waals surface area contributed by atoms with E-state index in [2.05, 4.69) is 19.2 Å². The van der Waals surface area contributed by atoms with Crippen LogP contribution in [-0.4, -0.2) is 39.8 Å². The maximum atomic E-state index is 12.9. The Kier molecular flexibility index (Phi) is 7.89. The molecule has 0 bridgehead atoms. The highest BCUT2D eigenvalue weighted by atomic mass is 32.2. The number of hydrogen-bond donors (Lipinski definition) is 1. The maximum Gasteiger partial charge on any atom is 0.232 e. The van der Waals surface area contributed by atoms with Gasteiger partial charge in [0.1, 0.15) is 17.1 Å². The summed E-state index contributed by atoms with van der Waals surface area (Å²) in [6, 6.07) is 14.7. The summed E-state index contributed by atoms with van der Waals surface area (Å²) in [5, 5.41) is 3.16. The van der Waals surface area contributed by atoms with Gasteiger partial charge in [0.2, 0.25) is 15.9 Å². The fourth-order valence-electron chi connectivity index (χ4n) is 4.38. The van der Waals surface area contributed by atoms with Gasteiger partial charge >= 0.3 is 0 Å². The fourth-order valence-corrected chi connectivity index (χ4v) is 5.35. The second kappa shape index (κ2) is 10.5. The van der Waals surface area contributed by atoms with Crippen LogP contribution >= 0.6 is 0 Å². The Labute approximate surface area is 197 Å². The molecule has 0 fully saturated rings. The summed E-state index contributed by atoms with van der Waals surface area (Å²) in [5.41, 5.74) is 1.15. The zero-order valence-corrected chi connectivity index (χ0v) is 20.7. The third kappa shape index (κ3) is 5.79. The third-order valence-electron chi connectivity index (χ3n) is 6.34. The van der Waals surface area contributed by atoms with Gasteiger partial charge in [-0.2, -0.15) is 0 Å². The van der Waals surface area contributed by atoms with Gasteiger partial charge in [-0.1, -0.05) is 44.2 Å². The van der Waals surface area contributed by atoms with Gasteiger partial charge in [-0.3, -0.25) is 9.10 Å². The van der Waals surface area contributed by atoms with Crippen molar-refractivity contribution in [3.8, 4) is 11.5 Å². The molecule has 7 nitrogen and oxygen atoms in total. The van der Waals surface area contributed by atoms with Gasteiger partial charge in [0, 0.05) is 24.9 Å². The molecule has 3 rings (SSSR count). The van der Waals surface area contributed by atoms with Crippen molar-refractivity contribution in [1.82, 2.24) is 5.32 Å². The normalized spacial score (nSPS) is 16.9. The molecule has 1 atom stereocenters. The number of amides is 1. The number of nitrogens with zero attached hydrogens (tertiary/aromatic N) is 1. The van der Waals surface area contributed by atoms with Crippen LogP contribution < -0.4 is 19.1 Å². The number of carbonyl (C=O) groups excluding carboxylic acids is 1. The minimum atomic E-state index is -3.53. The van der Waals surface area contributed by atoms with Crippen molar-refractivity contribution >= 4 is 21.6 Å². The minimum Gasteiger partial charge on any atom is -0.495 e. The first kappa shape index (κ1) is 24.9. The van der Waals surface area contributed by atoms with Crippen LogP contribution in [0.3, 0.4) is 0 Å². The molecule has 1 heterocycles. The van der Waals surface area contributed by atoms with Crippen molar-refractivity contribution in [2.75, 3.05) is 24.2 Å². The molecule has 1 amide bonds. The largest absolute Gasteiger partial charge is 0.495 e. The molecule has 0 radical (unpaired) electrons. The van der Waals surface area contributed by atoms with Crippen LogP contribution in [0, 0.1) is 0 Å². The van der Waals surface area contributed by atoms with Crippen LogP contribution in [-0.2, 0) is 14.8 Å². The Morgan fingerprint density at radius 3 is 2.48 bits per heavy atom. The lowest BCUT2D eigenvalue weighted by molar-refractivity contribution is -0.122. The molecule has 0 saturated carbocycles. The van der Waals surface area contributed by atoms with Crippen LogP contribution in [0.15, 0.2) is 48.5 Å². The number of carbonyl (C=O) groups is 1. The van der Waals surface area contributed by atoms with Crippen molar-refractivity contribution in [3.05, 3.63) is 54.1 Å². The molecule has 0 aromatic heterocycles. The molecule has 1 aliphatic rings. The number of nitrogens with one attached hydrogen (secondary N) is 1. The molecule has 2 aromatic rings. The van der Waals surface area contributed by atoms with Crippen molar-refractivity contribution in [1.29, 1.82) is 0 Å². The summed E-state index contributed by atoms with van der Waals surface area (Å²) < 4.78 is 37.8. The van der Waals surface area contributed by atoms with E-state index in [0.29, 0.717) is 24.3 Å². The summed E-state index contributed by atoms with van der Waals surface area (Å²) in [4.78, 5) is 12.9. The lowest BCUT2D eigenvalue weighted by Crippen LogP contribution is -2.44. The van der Waals surface area contributed by atoms with Crippen molar-refractivity contribution < 1.29 is 22.7 Å². The molecule has 1 N–H and O–H groups in total. The predicted molar refractivity (Wildman–Crippen MR) is 130 cm³/mol. The number of methoxy groups -OCH3 is 1. The molecule has 8 heteroatoms. The SMILES string of the molecule is CCC1(CC)CC(NC(=O)CCCN(c2ccccc2OC)S(C)(=O)=O)c2ccccc2O1. The molecule has 33 heavy (non-hydrogen) atoms. The van der Waals surface area contributed by atoms with Gasteiger partial charge in [0.05, 0.1) is 25.1 Å². The van der Waals surface area contributed by atoms with Gasteiger partial charge in [-0.05, 0) is 37.5 Å². The predicted octanol–water partition coefficient (Wildman–Crippen LogP) is 4.44. The Morgan fingerprint density at radius 1 is 1.15 bits per heavy atom. The van der Waals surface area contributed by atoms with Crippen LogP contribution in [0.25, 0.3) is 0 Å². The summed E-state index contributed by atoms with van der Waals surface area (Å²) in [6.07, 6.45) is 4.17. The first-order valence-electron chi connectivity index (χ1n) is 11.4. The molecule has 1 unspecified atom stereocenters. The highest BCUT2D eigenvalue weighted by Crippen LogP contribution is 2.42. The number of hydrogen-bond acceptors (Lipinski definition) is 5. The molecular formula is C25H34N2O5S. The van der Waals surface area contributed by atoms with Crippen molar-refractivity contribution in [2.24, 2.45) is 0 Å². The van der Waals surface area contributed by atoms with E-state index in [1.54, 1.807) is 24.3 Å². The smallest absolute Gasteiger partial charge is 0.232 e. The summed E-state index contributed by atoms with van der Waals surface area (Å²) in [7, 11) is -2.03. The Hall–Kier alpha value is -2.74. The van der Waals surface area contributed by atoms with Gasteiger partial charge in [0.25, 0.3) is 0 Å². The molecule has 0 spiro atoms. The van der Waals surface area contributed by atoms with Gasteiger partial charge < -0.3 is 14.8 Å². The lowest BCUT2D eigenvalue weighted by Gasteiger charge is -2.41. The van der Waals surface area contributed by atoms with E-state index < -0.39 is 10.0 Å². The highest BCUT2D eigenvalue weighted by molar-refractivity contribution is 7.92. The first-order valence-corrected chi connectivity index (χ1v) is 13.3. The van der Waals surface area contributed by atoms with Crippen LogP contribution in [0.2, 0.25) is 0 Å². The maximum absolute atomic E-state index is 12.9. The number of sulfonamides is 1. The average molecular weight is 475 g/mol. The number of para-hydroxylation sites is 3. The zero-order valence-electron chi connectivity index (χ0n) is 19.8. The first-order chi connectivity index (χ1) is 15.7. The highest BCUT2D eigenvalue weighted by Gasteiger charge is 2.38. The average Bonchev–Trinajstić information content (AvgIpc) is 2.81. The van der Waals surface area contributed by atoms with Gasteiger partial charge in [-0.15, -0.1) is 0 Å². The standard InChI is InChI=1S/C25H34N2O5S/c1-5-25(6-2)18-20(19-12-7-9-14-22(19)32-25)26-24(28)16-11-17-27(33(4,29)30)21-13-8-10-15-23(21)31-3/h7-10,12-15,20H,5-6,11,16-18H2,1-4H3,(H,26,28). The lowest BCUT2D eigenvalue weighted by atomic mass is 9.83. The van der Waals surface area contributed by atoms with Gasteiger partial charge in [-0.25, -0.2) is 8.42 Å². The van der Waals surface area contributed by atoms with E-state index in [0.717, 1.165) is 30.4 Å². The quantitative estimate of drug-likeness (QED) is 0.550. The van der Waals surface area contributed by atoms with E-state index in [4.69, 9.17) is 9.47 Å². The third-order valence-corrected chi connectivity index (χ3v) is 7.52. The van der Waals surface area contributed by atoms with E-state index in [-0.39, 0.29) is 30.5 Å². The van der Waals surface area contributed by atoms with E-state index in [9.17, 15) is 13.2 Å². The summed E-state index contributed by atoms with van der Waals surface area (Å²) in [5.74, 6) is 1.19. The van der Waals surface area contributed by atoms with Crippen molar-refractivity contribution in [2.45, 2.75) is 57.6 Å². The Balaban J connectivity index is 1.68. The van der Waals surface area contributed by atoms with Crippen LogP contribution in [0.1, 0.15) is 57.6 Å². The summed E-state index contributed by atoms with van der Waals surface area (Å²) in [6.45, 7) is 4.40. The van der Waals surface area contributed by atoms with E-state index in [1.807, 2.05) is 24.3 Å². The number of ether oxygens (including phenoxy) is 2. The minimum absolute atomic E-state index is 0.105. The molecule has 2 aromatic carbocycles. The molecular weight excluding hydrogens is 440 g/mol. The topological polar surface area (TPSA) is 84.9 Å². The fraction of sp³-hybridized carbons (Fsp3) is 0.480. The Morgan fingerprint density at radius 2 is 1.82 bits per heavy atom. The number of anilines is 1. The summed E-state index contributed by atoms with van der Waals surface area (Å²) >= 11 is 0. The van der Waals surface area contributed by atoms with E-state index >= 15 is 0 Å². The zero-order chi connectivity index (χ0) is 24.1. The van der Waals surface area contributed by atoms with Crippen LogP contribution in [0.5, 0.6) is 11.5 Å². The van der Waals surface area contributed by atoms with Crippen LogP contribution in [0.4, 0.5) is 5.69 Å². The van der Waals surface area contributed by atoms with Crippen molar-refractivity contribution in [3.63, 3.8) is 0 Å². The second-order valence-corrected chi connectivity index (χ2v) is 10.4. The second-order valence-electron chi connectivity index (χ2n) is 8.46. The number of rotatable bonds is 10. The number of benzene rings is 2. The van der Waals surface area contributed by atoms with E-state index in [1.165, 1.54) is 11.4 Å². The molecule has 0 aliphatic carbocycles. The monoisotopic (exact) mass is 474 g/mol.